The average molecular weight is 205 g/mol. The normalized spacial score (nSPS) is 18.4. The highest BCUT2D eigenvalue weighted by Crippen LogP contribution is 2.23. The first-order chi connectivity index (χ1) is 7.36. The highest BCUT2D eigenvalue weighted by Gasteiger charge is 2.12. The Labute approximate surface area is 91.1 Å². The number of rotatable bonds is 2. The zero-order valence-electron chi connectivity index (χ0n) is 9.08. The first-order valence-corrected chi connectivity index (χ1v) is 5.82. The van der Waals surface area contributed by atoms with E-state index in [2.05, 4.69) is 10.3 Å². The maximum absolute atomic E-state index is 5.87. The van der Waals surface area contributed by atoms with Crippen LogP contribution in [0, 0.1) is 0 Å². The number of nitrogen functional groups attached to an aromatic ring is 1. The highest BCUT2D eigenvalue weighted by molar-refractivity contribution is 5.64. The van der Waals surface area contributed by atoms with Gasteiger partial charge in [0.05, 0.1) is 17.6 Å². The number of hydrogen-bond donors (Lipinski definition) is 2. The molecule has 1 saturated carbocycles. The van der Waals surface area contributed by atoms with E-state index in [9.17, 15) is 0 Å². The van der Waals surface area contributed by atoms with Crippen LogP contribution < -0.4 is 11.1 Å². The van der Waals surface area contributed by atoms with Gasteiger partial charge in [0.15, 0.2) is 0 Å². The lowest BCUT2D eigenvalue weighted by Gasteiger charge is -2.18. The molecule has 0 unspecified atom stereocenters. The standard InChI is InChI=1S/C12H19N3/c13-11-7-8-14-9-12(11)15-10-5-3-1-2-4-6-10/h7-10,15H,1-6H2,(H2,13,14). The summed E-state index contributed by atoms with van der Waals surface area (Å²) in [5.74, 6) is 0. The van der Waals surface area contributed by atoms with Crippen molar-refractivity contribution < 1.29 is 0 Å². The fourth-order valence-corrected chi connectivity index (χ4v) is 2.17. The predicted molar refractivity (Wildman–Crippen MR) is 63.8 cm³/mol. The highest BCUT2D eigenvalue weighted by atomic mass is 14.9. The Hall–Kier alpha value is -1.25. The second kappa shape index (κ2) is 5.01. The lowest BCUT2D eigenvalue weighted by atomic mass is 10.1. The molecule has 2 rings (SSSR count). The molecule has 15 heavy (non-hydrogen) atoms. The third-order valence-electron chi connectivity index (χ3n) is 3.07. The zero-order valence-corrected chi connectivity index (χ0v) is 9.08. The molecule has 0 atom stereocenters. The van der Waals surface area contributed by atoms with Crippen LogP contribution in [-0.4, -0.2) is 11.0 Å². The maximum Gasteiger partial charge on any atom is 0.0762 e. The van der Waals surface area contributed by atoms with Crippen LogP contribution in [-0.2, 0) is 0 Å². The number of aromatic nitrogens is 1. The summed E-state index contributed by atoms with van der Waals surface area (Å²) in [4.78, 5) is 4.09. The number of nitrogens with two attached hydrogens (primary N) is 1. The Morgan fingerprint density at radius 3 is 2.60 bits per heavy atom. The minimum Gasteiger partial charge on any atom is -0.397 e. The topological polar surface area (TPSA) is 50.9 Å². The summed E-state index contributed by atoms with van der Waals surface area (Å²) in [5, 5.41) is 3.50. The molecule has 0 aromatic carbocycles. The molecule has 1 aliphatic rings. The van der Waals surface area contributed by atoms with Crippen LogP contribution in [0.3, 0.4) is 0 Å². The quantitative estimate of drug-likeness (QED) is 0.730. The predicted octanol–water partition coefficient (Wildman–Crippen LogP) is 2.80. The minimum absolute atomic E-state index is 0.582. The van der Waals surface area contributed by atoms with Gasteiger partial charge in [0.2, 0.25) is 0 Å². The van der Waals surface area contributed by atoms with E-state index in [0.29, 0.717) is 6.04 Å². The minimum atomic E-state index is 0.582. The van der Waals surface area contributed by atoms with Gasteiger partial charge in [-0.25, -0.2) is 0 Å². The van der Waals surface area contributed by atoms with Gasteiger partial charge < -0.3 is 11.1 Å². The van der Waals surface area contributed by atoms with E-state index >= 15 is 0 Å². The number of anilines is 2. The molecule has 0 spiro atoms. The van der Waals surface area contributed by atoms with Gasteiger partial charge in [-0.05, 0) is 18.9 Å². The fraction of sp³-hybridized carbons (Fsp3) is 0.583. The van der Waals surface area contributed by atoms with Crippen molar-refractivity contribution in [3.63, 3.8) is 0 Å². The molecule has 0 radical (unpaired) electrons. The molecule has 0 amide bonds. The number of pyridine rings is 1. The second-order valence-electron chi connectivity index (χ2n) is 4.30. The van der Waals surface area contributed by atoms with Crippen molar-refractivity contribution in [1.29, 1.82) is 0 Å². The summed E-state index contributed by atoms with van der Waals surface area (Å²) in [6, 6.07) is 2.43. The van der Waals surface area contributed by atoms with Crippen LogP contribution in [0.4, 0.5) is 11.4 Å². The van der Waals surface area contributed by atoms with Crippen LogP contribution in [0.2, 0.25) is 0 Å². The van der Waals surface area contributed by atoms with Crippen molar-refractivity contribution in [1.82, 2.24) is 4.98 Å². The van der Waals surface area contributed by atoms with Crippen LogP contribution >= 0.6 is 0 Å². The monoisotopic (exact) mass is 205 g/mol. The van der Waals surface area contributed by atoms with Crippen molar-refractivity contribution in [3.05, 3.63) is 18.5 Å². The molecular formula is C12H19N3. The summed E-state index contributed by atoms with van der Waals surface area (Å²) in [5.41, 5.74) is 7.66. The smallest absolute Gasteiger partial charge is 0.0762 e. The first-order valence-electron chi connectivity index (χ1n) is 5.82. The molecule has 3 heteroatoms. The van der Waals surface area contributed by atoms with Gasteiger partial charge in [-0.1, -0.05) is 25.7 Å². The molecule has 0 saturated heterocycles. The maximum atomic E-state index is 5.87. The first kappa shape index (κ1) is 10.3. The van der Waals surface area contributed by atoms with Crippen molar-refractivity contribution in [2.24, 2.45) is 0 Å². The van der Waals surface area contributed by atoms with Gasteiger partial charge in [-0.3, -0.25) is 4.98 Å². The van der Waals surface area contributed by atoms with Crippen LogP contribution in [0.15, 0.2) is 18.5 Å². The molecule has 3 N–H and O–H groups in total. The molecule has 1 aliphatic carbocycles. The summed E-state index contributed by atoms with van der Waals surface area (Å²) in [6.07, 6.45) is 11.5. The van der Waals surface area contributed by atoms with Gasteiger partial charge in [0.25, 0.3) is 0 Å². The summed E-state index contributed by atoms with van der Waals surface area (Å²) in [6.45, 7) is 0. The Morgan fingerprint density at radius 1 is 1.20 bits per heavy atom. The average Bonchev–Trinajstić information content (AvgIpc) is 2.50. The van der Waals surface area contributed by atoms with Gasteiger partial charge >= 0.3 is 0 Å². The van der Waals surface area contributed by atoms with E-state index in [1.807, 2.05) is 12.3 Å². The van der Waals surface area contributed by atoms with E-state index in [1.165, 1.54) is 38.5 Å². The van der Waals surface area contributed by atoms with Crippen LogP contribution in [0.1, 0.15) is 38.5 Å². The second-order valence-corrected chi connectivity index (χ2v) is 4.30. The zero-order chi connectivity index (χ0) is 10.5. The van der Waals surface area contributed by atoms with Gasteiger partial charge in [-0.15, -0.1) is 0 Å². The molecular weight excluding hydrogens is 186 g/mol. The lowest BCUT2D eigenvalue weighted by molar-refractivity contribution is 0.620. The van der Waals surface area contributed by atoms with E-state index < -0.39 is 0 Å². The molecule has 3 nitrogen and oxygen atoms in total. The van der Waals surface area contributed by atoms with Crippen molar-refractivity contribution in [2.45, 2.75) is 44.6 Å². The largest absolute Gasteiger partial charge is 0.397 e. The van der Waals surface area contributed by atoms with Crippen molar-refractivity contribution in [3.8, 4) is 0 Å². The van der Waals surface area contributed by atoms with E-state index in [0.717, 1.165) is 11.4 Å². The Bertz CT molecular complexity index is 303. The Morgan fingerprint density at radius 2 is 1.93 bits per heavy atom. The number of nitrogens with zero attached hydrogens (tertiary/aromatic N) is 1. The molecule has 1 heterocycles. The van der Waals surface area contributed by atoms with E-state index in [-0.39, 0.29) is 0 Å². The summed E-state index contributed by atoms with van der Waals surface area (Å²) >= 11 is 0. The molecule has 1 fully saturated rings. The summed E-state index contributed by atoms with van der Waals surface area (Å²) in [7, 11) is 0. The number of hydrogen-bond acceptors (Lipinski definition) is 3. The van der Waals surface area contributed by atoms with E-state index in [1.54, 1.807) is 6.20 Å². The number of nitrogens with one attached hydrogen (secondary N) is 1. The van der Waals surface area contributed by atoms with Gasteiger partial charge in [0.1, 0.15) is 0 Å². The molecule has 1 aromatic heterocycles. The van der Waals surface area contributed by atoms with Gasteiger partial charge in [0, 0.05) is 12.2 Å². The molecule has 1 aromatic rings. The van der Waals surface area contributed by atoms with E-state index in [4.69, 9.17) is 5.73 Å². The third kappa shape index (κ3) is 2.85. The Kier molecular flexibility index (Phi) is 3.43. The van der Waals surface area contributed by atoms with Crippen LogP contribution in [0.5, 0.6) is 0 Å². The molecule has 0 aliphatic heterocycles. The lowest BCUT2D eigenvalue weighted by Crippen LogP contribution is -2.19. The third-order valence-corrected chi connectivity index (χ3v) is 3.07. The summed E-state index contributed by atoms with van der Waals surface area (Å²) < 4.78 is 0. The van der Waals surface area contributed by atoms with Gasteiger partial charge in [-0.2, -0.15) is 0 Å². The Balaban J connectivity index is 1.98. The molecule has 82 valence electrons. The molecule has 0 bridgehead atoms. The fourth-order valence-electron chi connectivity index (χ4n) is 2.17. The van der Waals surface area contributed by atoms with Crippen molar-refractivity contribution >= 4 is 11.4 Å². The van der Waals surface area contributed by atoms with Crippen LogP contribution in [0.25, 0.3) is 0 Å². The SMILES string of the molecule is Nc1ccncc1NC1CCCCCC1. The van der Waals surface area contributed by atoms with Crippen molar-refractivity contribution in [2.75, 3.05) is 11.1 Å².